The minimum Gasteiger partial charge on any atom is -0.488 e. The van der Waals surface area contributed by atoms with Gasteiger partial charge in [0.05, 0.1) is 11.3 Å². The summed E-state index contributed by atoms with van der Waals surface area (Å²) in [5, 5.41) is 6.03. The maximum absolute atomic E-state index is 12.4. The molecular formula is C22H20N2O2S. The molecule has 136 valence electrons. The summed E-state index contributed by atoms with van der Waals surface area (Å²) in [7, 11) is 0. The van der Waals surface area contributed by atoms with Gasteiger partial charge in [-0.1, -0.05) is 48.0 Å². The van der Waals surface area contributed by atoms with Gasteiger partial charge in [-0.25, -0.2) is 4.98 Å². The Balaban J connectivity index is 1.33. The molecule has 0 saturated carbocycles. The topological polar surface area (TPSA) is 51.2 Å². The Morgan fingerprint density at radius 2 is 2.00 bits per heavy atom. The van der Waals surface area contributed by atoms with Crippen molar-refractivity contribution in [2.45, 2.75) is 13.3 Å². The number of hydrogen-bond acceptors (Lipinski definition) is 4. The Labute approximate surface area is 162 Å². The zero-order chi connectivity index (χ0) is 18.6. The number of amides is 1. The van der Waals surface area contributed by atoms with E-state index in [1.165, 1.54) is 5.56 Å². The minimum atomic E-state index is -0.0847. The number of nitrogens with one attached hydrogen (secondary N) is 1. The molecule has 1 aromatic heterocycles. The molecule has 3 aromatic rings. The van der Waals surface area contributed by atoms with E-state index in [2.05, 4.69) is 46.9 Å². The minimum absolute atomic E-state index is 0.0847. The van der Waals surface area contributed by atoms with Crippen molar-refractivity contribution in [1.29, 1.82) is 0 Å². The lowest BCUT2D eigenvalue weighted by atomic mass is 10.1. The zero-order valence-corrected chi connectivity index (χ0v) is 15.9. The summed E-state index contributed by atoms with van der Waals surface area (Å²) < 4.78 is 5.64. The van der Waals surface area contributed by atoms with Crippen LogP contribution in [0.25, 0.3) is 16.6 Å². The Morgan fingerprint density at radius 1 is 1.19 bits per heavy atom. The van der Waals surface area contributed by atoms with Gasteiger partial charge < -0.3 is 10.1 Å². The number of thiazole rings is 1. The molecule has 4 rings (SSSR count). The number of aromatic nitrogens is 1. The van der Waals surface area contributed by atoms with Crippen LogP contribution in [0.2, 0.25) is 0 Å². The van der Waals surface area contributed by atoms with E-state index in [9.17, 15) is 4.79 Å². The fourth-order valence-electron chi connectivity index (χ4n) is 2.92. The van der Waals surface area contributed by atoms with Gasteiger partial charge in [-0.2, -0.15) is 0 Å². The maximum atomic E-state index is 12.4. The second-order valence-electron chi connectivity index (χ2n) is 6.51. The van der Waals surface area contributed by atoms with Crippen molar-refractivity contribution in [3.63, 3.8) is 0 Å². The number of hydrogen-bond donors (Lipinski definition) is 1. The molecule has 0 bridgehead atoms. The lowest BCUT2D eigenvalue weighted by Gasteiger charge is -2.17. The van der Waals surface area contributed by atoms with Crippen LogP contribution >= 0.6 is 11.3 Å². The molecule has 1 aliphatic heterocycles. The summed E-state index contributed by atoms with van der Waals surface area (Å²) in [6, 6.07) is 16.1. The van der Waals surface area contributed by atoms with Gasteiger partial charge in [-0.05, 0) is 19.1 Å². The number of rotatable bonds is 5. The third-order valence-electron chi connectivity index (χ3n) is 4.44. The third-order valence-corrected chi connectivity index (χ3v) is 5.38. The van der Waals surface area contributed by atoms with E-state index in [0.717, 1.165) is 27.6 Å². The van der Waals surface area contributed by atoms with Crippen molar-refractivity contribution in [2.24, 2.45) is 0 Å². The predicted molar refractivity (Wildman–Crippen MR) is 109 cm³/mol. The molecule has 1 amide bonds. The van der Waals surface area contributed by atoms with Gasteiger partial charge in [0, 0.05) is 29.5 Å². The SMILES string of the molecule is Cc1ccc(-c2nc(CCNC(=O)C3=Cc4ccccc4OC3)cs2)cc1. The van der Waals surface area contributed by atoms with Crippen molar-refractivity contribution in [3.05, 3.63) is 76.3 Å². The number of fused-ring (bicyclic) bond motifs is 1. The molecule has 2 heterocycles. The lowest BCUT2D eigenvalue weighted by Crippen LogP contribution is -2.30. The summed E-state index contributed by atoms with van der Waals surface area (Å²) in [6.07, 6.45) is 2.60. The molecule has 1 aliphatic rings. The van der Waals surface area contributed by atoms with Crippen LogP contribution in [0, 0.1) is 6.92 Å². The Bertz CT molecular complexity index is 990. The molecule has 1 N–H and O–H groups in total. The van der Waals surface area contributed by atoms with Crippen molar-refractivity contribution < 1.29 is 9.53 Å². The van der Waals surface area contributed by atoms with E-state index < -0.39 is 0 Å². The Kier molecular flexibility index (Phi) is 5.03. The summed E-state index contributed by atoms with van der Waals surface area (Å²) in [5.41, 5.74) is 4.95. The molecule has 0 radical (unpaired) electrons. The number of para-hydroxylation sites is 1. The first-order chi connectivity index (χ1) is 13.2. The number of carbonyl (C=O) groups excluding carboxylic acids is 1. The van der Waals surface area contributed by atoms with E-state index in [0.29, 0.717) is 25.1 Å². The molecule has 2 aromatic carbocycles. The number of nitrogens with zero attached hydrogens (tertiary/aromatic N) is 1. The van der Waals surface area contributed by atoms with Crippen LogP contribution in [0.4, 0.5) is 0 Å². The maximum Gasteiger partial charge on any atom is 0.250 e. The van der Waals surface area contributed by atoms with Gasteiger partial charge >= 0.3 is 0 Å². The van der Waals surface area contributed by atoms with E-state index in [4.69, 9.17) is 4.74 Å². The van der Waals surface area contributed by atoms with Crippen molar-refractivity contribution in [1.82, 2.24) is 10.3 Å². The number of aryl methyl sites for hydroxylation is 1. The highest BCUT2D eigenvalue weighted by molar-refractivity contribution is 7.13. The molecule has 5 heteroatoms. The molecule has 27 heavy (non-hydrogen) atoms. The van der Waals surface area contributed by atoms with Crippen LogP contribution in [0.5, 0.6) is 5.75 Å². The highest BCUT2D eigenvalue weighted by atomic mass is 32.1. The van der Waals surface area contributed by atoms with Gasteiger partial charge in [0.15, 0.2) is 0 Å². The van der Waals surface area contributed by atoms with Crippen LogP contribution in [-0.4, -0.2) is 24.0 Å². The summed E-state index contributed by atoms with van der Waals surface area (Å²) >= 11 is 1.63. The van der Waals surface area contributed by atoms with E-state index in [1.807, 2.05) is 30.3 Å². The average Bonchev–Trinajstić information content (AvgIpc) is 3.17. The second kappa shape index (κ2) is 7.76. The lowest BCUT2D eigenvalue weighted by molar-refractivity contribution is -0.117. The highest BCUT2D eigenvalue weighted by Gasteiger charge is 2.16. The number of benzene rings is 2. The zero-order valence-electron chi connectivity index (χ0n) is 15.1. The van der Waals surface area contributed by atoms with Crippen molar-refractivity contribution in [3.8, 4) is 16.3 Å². The molecule has 0 spiro atoms. The molecule has 0 fully saturated rings. The largest absolute Gasteiger partial charge is 0.488 e. The van der Waals surface area contributed by atoms with E-state index >= 15 is 0 Å². The molecule has 0 atom stereocenters. The van der Waals surface area contributed by atoms with E-state index in [1.54, 1.807) is 11.3 Å². The Hall–Kier alpha value is -2.92. The fraction of sp³-hybridized carbons (Fsp3) is 0.182. The molecule has 0 aliphatic carbocycles. The first kappa shape index (κ1) is 17.5. The first-order valence-electron chi connectivity index (χ1n) is 8.91. The number of ether oxygens (including phenoxy) is 1. The number of carbonyl (C=O) groups is 1. The highest BCUT2D eigenvalue weighted by Crippen LogP contribution is 2.26. The quantitative estimate of drug-likeness (QED) is 0.724. The van der Waals surface area contributed by atoms with Crippen molar-refractivity contribution >= 4 is 23.3 Å². The second-order valence-corrected chi connectivity index (χ2v) is 7.37. The smallest absolute Gasteiger partial charge is 0.250 e. The van der Waals surface area contributed by atoms with E-state index in [-0.39, 0.29) is 5.91 Å². The Morgan fingerprint density at radius 3 is 2.85 bits per heavy atom. The van der Waals surface area contributed by atoms with Gasteiger partial charge in [0.1, 0.15) is 17.4 Å². The van der Waals surface area contributed by atoms with Crippen LogP contribution < -0.4 is 10.1 Å². The van der Waals surface area contributed by atoms with Gasteiger partial charge in [-0.3, -0.25) is 4.79 Å². The molecule has 0 unspecified atom stereocenters. The van der Waals surface area contributed by atoms with Gasteiger partial charge in [0.2, 0.25) is 0 Å². The standard InChI is InChI=1S/C22H20N2O2S/c1-15-6-8-16(9-7-15)22-24-19(14-27-22)10-11-23-21(25)18-12-17-4-2-3-5-20(17)26-13-18/h2-9,12,14H,10-11,13H2,1H3,(H,23,25). The monoisotopic (exact) mass is 376 g/mol. The molecule has 4 nitrogen and oxygen atoms in total. The summed E-state index contributed by atoms with van der Waals surface area (Å²) in [5.74, 6) is 0.735. The third kappa shape index (κ3) is 4.09. The average molecular weight is 376 g/mol. The van der Waals surface area contributed by atoms with Crippen molar-refractivity contribution in [2.75, 3.05) is 13.2 Å². The molecule has 0 saturated heterocycles. The van der Waals surface area contributed by atoms with Crippen LogP contribution in [-0.2, 0) is 11.2 Å². The summed E-state index contributed by atoms with van der Waals surface area (Å²) in [4.78, 5) is 17.1. The normalized spacial score (nSPS) is 12.7. The summed E-state index contributed by atoms with van der Waals surface area (Å²) in [6.45, 7) is 2.93. The van der Waals surface area contributed by atoms with Gasteiger partial charge in [0.25, 0.3) is 5.91 Å². The van der Waals surface area contributed by atoms with Crippen LogP contribution in [0.15, 0.2) is 59.5 Å². The van der Waals surface area contributed by atoms with Crippen LogP contribution in [0.1, 0.15) is 16.8 Å². The van der Waals surface area contributed by atoms with Crippen LogP contribution in [0.3, 0.4) is 0 Å². The fourth-order valence-corrected chi connectivity index (χ4v) is 3.78. The first-order valence-corrected chi connectivity index (χ1v) is 9.79. The van der Waals surface area contributed by atoms with Gasteiger partial charge in [-0.15, -0.1) is 11.3 Å². The molecular weight excluding hydrogens is 356 g/mol. The predicted octanol–water partition coefficient (Wildman–Crippen LogP) is 4.25.